The fourth-order valence-electron chi connectivity index (χ4n) is 1.67. The first kappa shape index (κ1) is 13.1. The molecule has 0 spiro atoms. The molecule has 0 fully saturated rings. The van der Waals surface area contributed by atoms with Crippen molar-refractivity contribution in [1.29, 1.82) is 5.26 Å². The van der Waals surface area contributed by atoms with Crippen molar-refractivity contribution in [3.8, 4) is 11.8 Å². The molecule has 2 rings (SSSR count). The summed E-state index contributed by atoms with van der Waals surface area (Å²) in [6.45, 7) is 2.95. The Morgan fingerprint density at radius 1 is 1.26 bits per heavy atom. The molecule has 2 aromatic rings. The Morgan fingerprint density at radius 2 is 2.16 bits per heavy atom. The van der Waals surface area contributed by atoms with Gasteiger partial charge in [0, 0.05) is 25.5 Å². The lowest BCUT2D eigenvalue weighted by atomic mass is 10.2. The van der Waals surface area contributed by atoms with Gasteiger partial charge in [-0.05, 0) is 18.2 Å². The molecular weight excluding hydrogens is 240 g/mol. The molecule has 98 valence electrons. The van der Waals surface area contributed by atoms with E-state index >= 15 is 0 Å². The predicted molar refractivity (Wildman–Crippen MR) is 71.7 cm³/mol. The van der Waals surface area contributed by atoms with Gasteiger partial charge in [0.05, 0.1) is 12.1 Å². The van der Waals surface area contributed by atoms with Gasteiger partial charge in [-0.25, -0.2) is 0 Å². The Balaban J connectivity index is 1.63. The van der Waals surface area contributed by atoms with Crippen molar-refractivity contribution < 1.29 is 4.74 Å². The molecule has 0 aliphatic carbocycles. The standard InChI is InChI=1S/C14H16N4O/c15-12-13-4-1-2-5-14(13)19-11-8-16-7-10-18-9-3-6-17-18/h1-6,9,16H,7-8,10-11H2. The highest BCUT2D eigenvalue weighted by Gasteiger charge is 2.00. The molecule has 1 aromatic heterocycles. The van der Waals surface area contributed by atoms with Gasteiger partial charge in [-0.2, -0.15) is 10.4 Å². The Labute approximate surface area is 112 Å². The molecule has 0 atom stereocenters. The Bertz CT molecular complexity index is 531. The zero-order chi connectivity index (χ0) is 13.3. The lowest BCUT2D eigenvalue weighted by Crippen LogP contribution is -2.25. The third kappa shape index (κ3) is 4.12. The summed E-state index contributed by atoms with van der Waals surface area (Å²) in [5, 5.41) is 16.3. The molecule has 0 radical (unpaired) electrons. The fourth-order valence-corrected chi connectivity index (χ4v) is 1.67. The van der Waals surface area contributed by atoms with Crippen LogP contribution >= 0.6 is 0 Å². The van der Waals surface area contributed by atoms with E-state index in [4.69, 9.17) is 10.00 Å². The summed E-state index contributed by atoms with van der Waals surface area (Å²) < 4.78 is 7.43. The molecular formula is C14H16N4O. The number of aromatic nitrogens is 2. The first-order valence-electron chi connectivity index (χ1n) is 6.20. The maximum atomic E-state index is 8.91. The molecule has 5 nitrogen and oxygen atoms in total. The summed E-state index contributed by atoms with van der Waals surface area (Å²) in [7, 11) is 0. The highest BCUT2D eigenvalue weighted by molar-refractivity contribution is 5.42. The summed E-state index contributed by atoms with van der Waals surface area (Å²) in [6, 6.07) is 11.3. The largest absolute Gasteiger partial charge is 0.491 e. The highest BCUT2D eigenvalue weighted by atomic mass is 16.5. The molecule has 5 heteroatoms. The Kier molecular flexibility index (Phi) is 4.96. The predicted octanol–water partition coefficient (Wildman–Crippen LogP) is 1.42. The van der Waals surface area contributed by atoms with Crippen molar-refractivity contribution in [3.05, 3.63) is 48.3 Å². The first-order chi connectivity index (χ1) is 9.40. The SMILES string of the molecule is N#Cc1ccccc1OCCNCCn1cccn1. The van der Waals surface area contributed by atoms with E-state index in [1.165, 1.54) is 0 Å². The van der Waals surface area contributed by atoms with Gasteiger partial charge in [0.15, 0.2) is 0 Å². The summed E-state index contributed by atoms with van der Waals surface area (Å²) in [6.07, 6.45) is 3.70. The molecule has 0 saturated carbocycles. The maximum absolute atomic E-state index is 8.91. The number of ether oxygens (including phenoxy) is 1. The number of rotatable bonds is 7. The minimum atomic E-state index is 0.539. The number of hydrogen-bond donors (Lipinski definition) is 1. The lowest BCUT2D eigenvalue weighted by molar-refractivity contribution is 0.311. The number of nitrogens with one attached hydrogen (secondary N) is 1. The van der Waals surface area contributed by atoms with E-state index in [9.17, 15) is 0 Å². The second kappa shape index (κ2) is 7.19. The monoisotopic (exact) mass is 256 g/mol. The fraction of sp³-hybridized carbons (Fsp3) is 0.286. The topological polar surface area (TPSA) is 62.9 Å². The average Bonchev–Trinajstić information content (AvgIpc) is 2.96. The molecule has 0 aliphatic heterocycles. The second-order valence-electron chi connectivity index (χ2n) is 3.98. The first-order valence-corrected chi connectivity index (χ1v) is 6.20. The van der Waals surface area contributed by atoms with Gasteiger partial charge in [-0.1, -0.05) is 12.1 Å². The van der Waals surface area contributed by atoms with Gasteiger partial charge >= 0.3 is 0 Å². The second-order valence-corrected chi connectivity index (χ2v) is 3.98. The summed E-state index contributed by atoms with van der Waals surface area (Å²) in [5.74, 6) is 0.638. The van der Waals surface area contributed by atoms with Crippen LogP contribution in [0.3, 0.4) is 0 Å². The van der Waals surface area contributed by atoms with Gasteiger partial charge in [-0.15, -0.1) is 0 Å². The van der Waals surface area contributed by atoms with Crippen molar-refractivity contribution in [3.63, 3.8) is 0 Å². The molecule has 0 saturated heterocycles. The van der Waals surface area contributed by atoms with Crippen LogP contribution in [0.25, 0.3) is 0 Å². The van der Waals surface area contributed by atoms with E-state index in [0.29, 0.717) is 17.9 Å². The number of nitrogens with zero attached hydrogens (tertiary/aromatic N) is 3. The van der Waals surface area contributed by atoms with Crippen LogP contribution in [0, 0.1) is 11.3 Å². The van der Waals surface area contributed by atoms with Crippen molar-refractivity contribution >= 4 is 0 Å². The normalized spacial score (nSPS) is 10.1. The van der Waals surface area contributed by atoms with E-state index in [0.717, 1.165) is 19.6 Å². The molecule has 1 N–H and O–H groups in total. The van der Waals surface area contributed by atoms with Crippen molar-refractivity contribution in [2.24, 2.45) is 0 Å². The molecule has 1 aromatic carbocycles. The summed E-state index contributed by atoms with van der Waals surface area (Å²) in [5.41, 5.74) is 0.569. The highest BCUT2D eigenvalue weighted by Crippen LogP contribution is 2.15. The number of nitriles is 1. The van der Waals surface area contributed by atoms with Crippen LogP contribution in [0.15, 0.2) is 42.7 Å². The van der Waals surface area contributed by atoms with Crippen LogP contribution in [0.4, 0.5) is 0 Å². The summed E-state index contributed by atoms with van der Waals surface area (Å²) in [4.78, 5) is 0. The van der Waals surface area contributed by atoms with Gasteiger partial charge in [-0.3, -0.25) is 4.68 Å². The van der Waals surface area contributed by atoms with Gasteiger partial charge in [0.1, 0.15) is 18.4 Å². The smallest absolute Gasteiger partial charge is 0.137 e. The van der Waals surface area contributed by atoms with Crippen molar-refractivity contribution in [2.75, 3.05) is 19.7 Å². The number of hydrogen-bond acceptors (Lipinski definition) is 4. The molecule has 0 amide bonds. The minimum absolute atomic E-state index is 0.539. The molecule has 0 aliphatic rings. The van der Waals surface area contributed by atoms with E-state index < -0.39 is 0 Å². The lowest BCUT2D eigenvalue weighted by Gasteiger charge is -2.08. The van der Waals surface area contributed by atoms with Crippen LogP contribution in [0.1, 0.15) is 5.56 Å². The Morgan fingerprint density at radius 3 is 2.95 bits per heavy atom. The number of benzene rings is 1. The summed E-state index contributed by atoms with van der Waals surface area (Å²) >= 11 is 0. The van der Waals surface area contributed by atoms with Crippen LogP contribution in [-0.4, -0.2) is 29.5 Å². The minimum Gasteiger partial charge on any atom is -0.491 e. The Hall–Kier alpha value is -2.32. The zero-order valence-corrected chi connectivity index (χ0v) is 10.6. The quantitative estimate of drug-likeness (QED) is 0.761. The third-order valence-corrected chi connectivity index (χ3v) is 2.62. The van der Waals surface area contributed by atoms with Crippen molar-refractivity contribution in [1.82, 2.24) is 15.1 Å². The van der Waals surface area contributed by atoms with Gasteiger partial charge < -0.3 is 10.1 Å². The van der Waals surface area contributed by atoms with Crippen LogP contribution in [0.2, 0.25) is 0 Å². The van der Waals surface area contributed by atoms with Gasteiger partial charge in [0.2, 0.25) is 0 Å². The zero-order valence-electron chi connectivity index (χ0n) is 10.6. The molecule has 0 unspecified atom stereocenters. The van der Waals surface area contributed by atoms with E-state index in [1.807, 2.05) is 35.1 Å². The van der Waals surface area contributed by atoms with E-state index in [2.05, 4.69) is 16.5 Å². The molecule has 0 bridgehead atoms. The van der Waals surface area contributed by atoms with Gasteiger partial charge in [0.25, 0.3) is 0 Å². The van der Waals surface area contributed by atoms with E-state index in [1.54, 1.807) is 12.3 Å². The van der Waals surface area contributed by atoms with Crippen molar-refractivity contribution in [2.45, 2.75) is 6.54 Å². The number of para-hydroxylation sites is 1. The van der Waals surface area contributed by atoms with Crippen LogP contribution in [0.5, 0.6) is 5.75 Å². The van der Waals surface area contributed by atoms with Crippen LogP contribution in [-0.2, 0) is 6.54 Å². The van der Waals surface area contributed by atoms with E-state index in [-0.39, 0.29) is 0 Å². The third-order valence-electron chi connectivity index (χ3n) is 2.62. The average molecular weight is 256 g/mol. The maximum Gasteiger partial charge on any atom is 0.137 e. The molecule has 1 heterocycles. The molecule has 19 heavy (non-hydrogen) atoms. The van der Waals surface area contributed by atoms with Crippen LogP contribution < -0.4 is 10.1 Å².